The number of nitrogens with two attached hydrogens (primary N) is 1. The van der Waals surface area contributed by atoms with Crippen LogP contribution in [0, 0.1) is 25.5 Å². The molecular weight excluding hydrogens is 437 g/mol. The molecule has 0 aliphatic rings. The molecule has 0 radical (unpaired) electrons. The van der Waals surface area contributed by atoms with Crippen molar-refractivity contribution >= 4 is 40.7 Å². The molecule has 3 aromatic rings. The van der Waals surface area contributed by atoms with E-state index in [1.54, 1.807) is 36.7 Å². The number of aryl methyl sites for hydroxylation is 1. The lowest BCUT2D eigenvalue weighted by molar-refractivity contribution is -0.115. The Morgan fingerprint density at radius 3 is 2.43 bits per heavy atom. The maximum absolute atomic E-state index is 14.0. The van der Waals surface area contributed by atoms with Gasteiger partial charge in [0, 0.05) is 17.3 Å². The molecule has 0 spiro atoms. The van der Waals surface area contributed by atoms with Crippen molar-refractivity contribution in [2.24, 2.45) is 5.73 Å². The van der Waals surface area contributed by atoms with E-state index in [0.29, 0.717) is 38.8 Å². The smallest absolute Gasteiger partial charge is 0.251 e. The molecule has 0 saturated carbocycles. The van der Waals surface area contributed by atoms with Gasteiger partial charge in [-0.2, -0.15) is 5.10 Å². The summed E-state index contributed by atoms with van der Waals surface area (Å²) in [4.78, 5) is 23.7. The van der Waals surface area contributed by atoms with Crippen LogP contribution in [-0.2, 0) is 11.2 Å². The zero-order chi connectivity index (χ0) is 22.2. The van der Waals surface area contributed by atoms with Gasteiger partial charge in [0.25, 0.3) is 5.91 Å². The van der Waals surface area contributed by atoms with Crippen LogP contribution >= 0.6 is 23.2 Å². The molecule has 30 heavy (non-hydrogen) atoms. The Kier molecular flexibility index (Phi) is 6.09. The van der Waals surface area contributed by atoms with Gasteiger partial charge in [0.1, 0.15) is 11.6 Å². The maximum atomic E-state index is 14.0. The molecule has 156 valence electrons. The minimum Gasteiger partial charge on any atom is -0.366 e. The third kappa shape index (κ3) is 4.29. The summed E-state index contributed by atoms with van der Waals surface area (Å²) in [6, 6.07) is 6.37. The molecule has 2 amide bonds. The molecule has 3 rings (SSSR count). The average molecular weight is 453 g/mol. The van der Waals surface area contributed by atoms with Crippen LogP contribution in [0.1, 0.15) is 27.3 Å². The van der Waals surface area contributed by atoms with Gasteiger partial charge in [-0.3, -0.25) is 9.59 Å². The first kappa shape index (κ1) is 21.7. The van der Waals surface area contributed by atoms with Gasteiger partial charge >= 0.3 is 0 Å². The highest BCUT2D eigenvalue weighted by molar-refractivity contribution is 6.42. The van der Waals surface area contributed by atoms with Crippen molar-refractivity contribution in [3.05, 3.63) is 74.5 Å². The monoisotopic (exact) mass is 452 g/mol. The fraction of sp³-hybridized carbons (Fsp3) is 0.150. The molecule has 1 heterocycles. The molecule has 0 unspecified atom stereocenters. The third-order valence-corrected chi connectivity index (χ3v) is 5.26. The largest absolute Gasteiger partial charge is 0.366 e. The Morgan fingerprint density at radius 1 is 1.10 bits per heavy atom. The molecule has 0 aliphatic heterocycles. The van der Waals surface area contributed by atoms with Crippen LogP contribution in [-0.4, -0.2) is 21.6 Å². The van der Waals surface area contributed by atoms with Gasteiger partial charge in [-0.15, -0.1) is 0 Å². The summed E-state index contributed by atoms with van der Waals surface area (Å²) in [5.74, 6) is -3.77. The lowest BCUT2D eigenvalue weighted by atomic mass is 10.1. The molecule has 0 saturated heterocycles. The number of carbonyl (C=O) groups is 2. The van der Waals surface area contributed by atoms with Crippen molar-refractivity contribution in [2.45, 2.75) is 20.3 Å². The molecule has 0 aliphatic carbocycles. The van der Waals surface area contributed by atoms with E-state index in [-0.39, 0.29) is 12.1 Å². The summed E-state index contributed by atoms with van der Waals surface area (Å²) in [7, 11) is 0. The Bertz CT molecular complexity index is 1180. The first-order valence-electron chi connectivity index (χ1n) is 8.67. The van der Waals surface area contributed by atoms with Crippen LogP contribution in [0.4, 0.5) is 14.5 Å². The summed E-state index contributed by atoms with van der Waals surface area (Å²) < 4.78 is 29.2. The molecular formula is C20H16Cl2F2N4O2. The van der Waals surface area contributed by atoms with Crippen LogP contribution in [0.5, 0.6) is 0 Å². The highest BCUT2D eigenvalue weighted by Gasteiger charge is 2.19. The van der Waals surface area contributed by atoms with Crippen LogP contribution < -0.4 is 11.1 Å². The number of nitrogens with zero attached hydrogens (tertiary/aromatic N) is 2. The van der Waals surface area contributed by atoms with Crippen molar-refractivity contribution in [1.82, 2.24) is 9.78 Å². The van der Waals surface area contributed by atoms with Crippen LogP contribution in [0.15, 0.2) is 30.3 Å². The number of aromatic nitrogens is 2. The van der Waals surface area contributed by atoms with Crippen molar-refractivity contribution in [1.29, 1.82) is 0 Å². The van der Waals surface area contributed by atoms with Crippen LogP contribution in [0.2, 0.25) is 10.0 Å². The Labute approximate surface area is 180 Å². The predicted octanol–water partition coefficient (Wildman–Crippen LogP) is 4.35. The number of hydrogen-bond acceptors (Lipinski definition) is 3. The average Bonchev–Trinajstić information content (AvgIpc) is 2.94. The fourth-order valence-corrected chi connectivity index (χ4v) is 3.28. The third-order valence-electron chi connectivity index (χ3n) is 4.52. The number of hydrogen-bond donors (Lipinski definition) is 2. The van der Waals surface area contributed by atoms with E-state index >= 15 is 0 Å². The van der Waals surface area contributed by atoms with Gasteiger partial charge in [-0.25, -0.2) is 13.5 Å². The number of halogens is 4. The topological polar surface area (TPSA) is 90.0 Å². The molecule has 1 aromatic heterocycles. The van der Waals surface area contributed by atoms with E-state index in [1.165, 1.54) is 0 Å². The number of benzene rings is 2. The Hall–Kier alpha value is -2.97. The second-order valence-corrected chi connectivity index (χ2v) is 7.38. The summed E-state index contributed by atoms with van der Waals surface area (Å²) in [5.41, 5.74) is 6.75. The number of rotatable bonds is 5. The Morgan fingerprint density at radius 2 is 1.80 bits per heavy atom. The number of nitrogens with one attached hydrogen (secondary N) is 1. The summed E-state index contributed by atoms with van der Waals surface area (Å²) >= 11 is 12.0. The minimum atomic E-state index is -1.10. The zero-order valence-electron chi connectivity index (χ0n) is 15.9. The predicted molar refractivity (Wildman–Crippen MR) is 110 cm³/mol. The maximum Gasteiger partial charge on any atom is 0.251 e. The molecule has 2 aromatic carbocycles. The van der Waals surface area contributed by atoms with E-state index in [1.807, 2.05) is 0 Å². The fourth-order valence-electron chi connectivity index (χ4n) is 2.99. The van der Waals surface area contributed by atoms with E-state index in [4.69, 9.17) is 28.9 Å². The second kappa shape index (κ2) is 8.41. The lowest BCUT2D eigenvalue weighted by Gasteiger charge is -2.09. The van der Waals surface area contributed by atoms with Gasteiger partial charge in [0.05, 0.1) is 39.1 Å². The standard InChI is InChI=1S/C20H16Cl2F2N4O2/c1-9-12(10(2)28(27-9)11-3-4-14(21)15(22)5-11)7-19(29)26-18-6-13(20(25)30)16(23)8-17(18)24/h3-6,8H,7H2,1-2H3,(H2,25,30)(H,26,29). The number of anilines is 1. The number of primary amides is 1. The first-order chi connectivity index (χ1) is 14.1. The first-order valence-corrected chi connectivity index (χ1v) is 9.43. The highest BCUT2D eigenvalue weighted by atomic mass is 35.5. The molecule has 10 heteroatoms. The van der Waals surface area contributed by atoms with E-state index in [0.717, 1.165) is 6.07 Å². The minimum absolute atomic E-state index is 0.123. The number of amides is 2. The molecule has 0 bridgehead atoms. The van der Waals surface area contributed by atoms with Gasteiger partial charge < -0.3 is 11.1 Å². The summed E-state index contributed by atoms with van der Waals surface area (Å²) in [6.45, 7) is 3.50. The van der Waals surface area contributed by atoms with Crippen LogP contribution in [0.25, 0.3) is 5.69 Å². The molecule has 0 fully saturated rings. The van der Waals surface area contributed by atoms with Gasteiger partial charge in [0.15, 0.2) is 0 Å². The summed E-state index contributed by atoms with van der Waals surface area (Å²) in [5, 5.41) is 7.53. The van der Waals surface area contributed by atoms with Crippen molar-refractivity contribution < 1.29 is 18.4 Å². The van der Waals surface area contributed by atoms with Crippen molar-refractivity contribution in [3.8, 4) is 5.69 Å². The normalized spacial score (nSPS) is 10.9. The summed E-state index contributed by atoms with van der Waals surface area (Å²) in [6.07, 6.45) is -0.123. The van der Waals surface area contributed by atoms with E-state index in [2.05, 4.69) is 10.4 Å². The van der Waals surface area contributed by atoms with Crippen molar-refractivity contribution in [3.63, 3.8) is 0 Å². The molecule has 3 N–H and O–H groups in total. The van der Waals surface area contributed by atoms with Gasteiger partial charge in [-0.05, 0) is 38.1 Å². The van der Waals surface area contributed by atoms with Crippen molar-refractivity contribution in [2.75, 3.05) is 5.32 Å². The zero-order valence-corrected chi connectivity index (χ0v) is 17.4. The SMILES string of the molecule is Cc1nn(-c2ccc(Cl)c(Cl)c2)c(C)c1CC(=O)Nc1cc(C(N)=O)c(F)cc1F. The highest BCUT2D eigenvalue weighted by Crippen LogP contribution is 2.26. The van der Waals surface area contributed by atoms with E-state index in [9.17, 15) is 18.4 Å². The Balaban J connectivity index is 1.86. The van der Waals surface area contributed by atoms with Gasteiger partial charge in [-0.1, -0.05) is 23.2 Å². The van der Waals surface area contributed by atoms with Gasteiger partial charge in [0.2, 0.25) is 5.91 Å². The molecule has 0 atom stereocenters. The lowest BCUT2D eigenvalue weighted by Crippen LogP contribution is -2.19. The van der Waals surface area contributed by atoms with Crippen LogP contribution in [0.3, 0.4) is 0 Å². The quantitative estimate of drug-likeness (QED) is 0.602. The van der Waals surface area contributed by atoms with E-state index < -0.39 is 29.0 Å². The number of carbonyl (C=O) groups excluding carboxylic acids is 2. The second-order valence-electron chi connectivity index (χ2n) is 6.56. The molecule has 6 nitrogen and oxygen atoms in total.